The van der Waals surface area contributed by atoms with Gasteiger partial charge in [0, 0.05) is 12.6 Å². The molecule has 1 aromatic carbocycles. The second-order valence-corrected chi connectivity index (χ2v) is 4.63. The Morgan fingerprint density at radius 3 is 2.79 bits per heavy atom. The third-order valence-electron chi connectivity index (χ3n) is 3.06. The van der Waals surface area contributed by atoms with Crippen LogP contribution in [0.3, 0.4) is 0 Å². The lowest BCUT2D eigenvalue weighted by molar-refractivity contribution is -0.138. The number of anilines is 1. The fraction of sp³-hybridized carbons (Fsp3) is 0.385. The quantitative estimate of drug-likeness (QED) is 0.857. The van der Waals surface area contributed by atoms with E-state index in [1.165, 1.54) is 4.90 Å². The molecule has 1 saturated heterocycles. The van der Waals surface area contributed by atoms with Crippen LogP contribution in [0.5, 0.6) is 5.75 Å². The molecule has 1 heterocycles. The van der Waals surface area contributed by atoms with Crippen molar-refractivity contribution in [1.29, 1.82) is 0 Å². The standard InChI is InChI=1S/C13H15ClN2O3/c1-3-16-12(17)7-11(13(16)18)15-10-6-8(19-2)4-5-9(10)14/h4-6,11,15H,3,7H2,1-2H3. The Bertz CT molecular complexity index is 519. The number of nitrogens with zero attached hydrogens (tertiary/aromatic N) is 1. The topological polar surface area (TPSA) is 58.6 Å². The number of carbonyl (C=O) groups excluding carboxylic acids is 2. The number of hydrogen-bond donors (Lipinski definition) is 1. The third-order valence-corrected chi connectivity index (χ3v) is 3.39. The molecule has 19 heavy (non-hydrogen) atoms. The largest absolute Gasteiger partial charge is 0.497 e. The van der Waals surface area contributed by atoms with Gasteiger partial charge in [0.15, 0.2) is 0 Å². The highest BCUT2D eigenvalue weighted by Gasteiger charge is 2.37. The number of ether oxygens (including phenoxy) is 1. The molecule has 102 valence electrons. The SMILES string of the molecule is CCN1C(=O)CC(Nc2cc(OC)ccc2Cl)C1=O. The summed E-state index contributed by atoms with van der Waals surface area (Å²) in [4.78, 5) is 24.9. The van der Waals surface area contributed by atoms with Crippen LogP contribution >= 0.6 is 11.6 Å². The van der Waals surface area contributed by atoms with E-state index in [9.17, 15) is 9.59 Å². The van der Waals surface area contributed by atoms with Crippen LogP contribution in [0.25, 0.3) is 0 Å². The van der Waals surface area contributed by atoms with Gasteiger partial charge in [-0.25, -0.2) is 0 Å². The first kappa shape index (κ1) is 13.7. The molecule has 1 unspecified atom stereocenters. The molecule has 0 aromatic heterocycles. The molecule has 0 bridgehead atoms. The summed E-state index contributed by atoms with van der Waals surface area (Å²) < 4.78 is 5.10. The lowest BCUT2D eigenvalue weighted by Gasteiger charge is -2.15. The van der Waals surface area contributed by atoms with E-state index in [0.29, 0.717) is 23.0 Å². The number of likely N-dealkylation sites (tertiary alicyclic amines) is 1. The van der Waals surface area contributed by atoms with Gasteiger partial charge in [-0.05, 0) is 19.1 Å². The molecule has 0 spiro atoms. The number of nitrogens with one attached hydrogen (secondary N) is 1. The molecule has 2 rings (SSSR count). The molecule has 1 fully saturated rings. The van der Waals surface area contributed by atoms with Gasteiger partial charge in [-0.1, -0.05) is 11.6 Å². The van der Waals surface area contributed by atoms with Crippen molar-refractivity contribution >= 4 is 29.1 Å². The monoisotopic (exact) mass is 282 g/mol. The maximum atomic E-state index is 12.0. The van der Waals surface area contributed by atoms with Crippen molar-refractivity contribution in [3.8, 4) is 5.75 Å². The number of methoxy groups -OCH3 is 1. The highest BCUT2D eigenvalue weighted by atomic mass is 35.5. The molecule has 1 aliphatic heterocycles. The Balaban J connectivity index is 2.18. The fourth-order valence-electron chi connectivity index (χ4n) is 2.06. The minimum atomic E-state index is -0.558. The van der Waals surface area contributed by atoms with E-state index in [1.54, 1.807) is 32.2 Å². The van der Waals surface area contributed by atoms with E-state index < -0.39 is 6.04 Å². The van der Waals surface area contributed by atoms with Gasteiger partial charge >= 0.3 is 0 Å². The summed E-state index contributed by atoms with van der Waals surface area (Å²) in [5, 5.41) is 3.49. The Hall–Kier alpha value is -1.75. The van der Waals surface area contributed by atoms with Gasteiger partial charge in [0.1, 0.15) is 11.8 Å². The van der Waals surface area contributed by atoms with Crippen LogP contribution in [-0.4, -0.2) is 36.4 Å². The first-order valence-electron chi connectivity index (χ1n) is 6.01. The fourth-order valence-corrected chi connectivity index (χ4v) is 2.23. The highest BCUT2D eigenvalue weighted by molar-refractivity contribution is 6.33. The summed E-state index contributed by atoms with van der Waals surface area (Å²) in [5.74, 6) is 0.256. The first-order valence-corrected chi connectivity index (χ1v) is 6.39. The number of likely N-dealkylation sites (N-methyl/N-ethyl adjacent to an activating group) is 1. The summed E-state index contributed by atoms with van der Waals surface area (Å²) in [7, 11) is 1.55. The van der Waals surface area contributed by atoms with Crippen molar-refractivity contribution in [1.82, 2.24) is 4.90 Å². The molecule has 0 aliphatic carbocycles. The molecule has 1 aromatic rings. The van der Waals surface area contributed by atoms with Gasteiger partial charge in [0.25, 0.3) is 5.91 Å². The van der Waals surface area contributed by atoms with E-state index in [1.807, 2.05) is 0 Å². The maximum Gasteiger partial charge on any atom is 0.252 e. The van der Waals surface area contributed by atoms with Crippen molar-refractivity contribution < 1.29 is 14.3 Å². The van der Waals surface area contributed by atoms with Gasteiger partial charge in [-0.15, -0.1) is 0 Å². The molecule has 1 aliphatic rings. The number of imide groups is 1. The predicted molar refractivity (Wildman–Crippen MR) is 72.4 cm³/mol. The number of hydrogen-bond acceptors (Lipinski definition) is 4. The Kier molecular flexibility index (Phi) is 3.95. The van der Waals surface area contributed by atoms with Crippen LogP contribution in [0, 0.1) is 0 Å². The zero-order valence-corrected chi connectivity index (χ0v) is 11.5. The molecular formula is C13H15ClN2O3. The van der Waals surface area contributed by atoms with Crippen LogP contribution in [0.1, 0.15) is 13.3 Å². The molecule has 2 amide bonds. The zero-order valence-electron chi connectivity index (χ0n) is 10.8. The maximum absolute atomic E-state index is 12.0. The normalized spacial score (nSPS) is 18.9. The lowest BCUT2D eigenvalue weighted by atomic mass is 10.2. The zero-order chi connectivity index (χ0) is 14.0. The third kappa shape index (κ3) is 2.66. The summed E-state index contributed by atoms with van der Waals surface area (Å²) >= 11 is 6.06. The Labute approximate surface area is 116 Å². The van der Waals surface area contributed by atoms with Crippen LogP contribution in [0.2, 0.25) is 5.02 Å². The van der Waals surface area contributed by atoms with Crippen molar-refractivity contribution in [2.75, 3.05) is 19.0 Å². The summed E-state index contributed by atoms with van der Waals surface area (Å²) in [6, 6.07) is 4.56. The average Bonchev–Trinajstić information content (AvgIpc) is 2.66. The second kappa shape index (κ2) is 5.48. The van der Waals surface area contributed by atoms with Crippen molar-refractivity contribution in [2.45, 2.75) is 19.4 Å². The molecule has 0 saturated carbocycles. The number of amides is 2. The van der Waals surface area contributed by atoms with Gasteiger partial charge in [0.05, 0.1) is 24.2 Å². The van der Waals surface area contributed by atoms with E-state index in [2.05, 4.69) is 5.32 Å². The average molecular weight is 283 g/mol. The van der Waals surface area contributed by atoms with Gasteiger partial charge in [-0.2, -0.15) is 0 Å². The summed E-state index contributed by atoms with van der Waals surface area (Å²) in [6.07, 6.45) is 0.153. The van der Waals surface area contributed by atoms with Gasteiger partial charge < -0.3 is 10.1 Å². The number of benzene rings is 1. The van der Waals surface area contributed by atoms with Crippen LogP contribution in [-0.2, 0) is 9.59 Å². The van der Waals surface area contributed by atoms with Crippen LogP contribution in [0.15, 0.2) is 18.2 Å². The van der Waals surface area contributed by atoms with Crippen molar-refractivity contribution in [3.05, 3.63) is 23.2 Å². The molecule has 1 atom stereocenters. The van der Waals surface area contributed by atoms with Crippen molar-refractivity contribution in [3.63, 3.8) is 0 Å². The summed E-state index contributed by atoms with van der Waals surface area (Å²) in [6.45, 7) is 2.17. The minimum absolute atomic E-state index is 0.153. The minimum Gasteiger partial charge on any atom is -0.497 e. The van der Waals surface area contributed by atoms with Crippen LogP contribution < -0.4 is 10.1 Å². The molecule has 6 heteroatoms. The molecule has 5 nitrogen and oxygen atoms in total. The summed E-state index contributed by atoms with van der Waals surface area (Å²) in [5.41, 5.74) is 0.588. The first-order chi connectivity index (χ1) is 9.06. The lowest BCUT2D eigenvalue weighted by Crippen LogP contribution is -2.34. The van der Waals surface area contributed by atoms with E-state index in [-0.39, 0.29) is 18.2 Å². The number of halogens is 1. The Morgan fingerprint density at radius 2 is 2.21 bits per heavy atom. The predicted octanol–water partition coefficient (Wildman–Crippen LogP) is 1.91. The highest BCUT2D eigenvalue weighted by Crippen LogP contribution is 2.29. The molecule has 0 radical (unpaired) electrons. The van der Waals surface area contributed by atoms with E-state index in [0.717, 1.165) is 0 Å². The van der Waals surface area contributed by atoms with Gasteiger partial charge in [0.2, 0.25) is 5.91 Å². The van der Waals surface area contributed by atoms with Crippen molar-refractivity contribution in [2.24, 2.45) is 0 Å². The Morgan fingerprint density at radius 1 is 1.47 bits per heavy atom. The molecule has 1 N–H and O–H groups in total. The van der Waals surface area contributed by atoms with E-state index in [4.69, 9.17) is 16.3 Å². The van der Waals surface area contributed by atoms with Crippen LogP contribution in [0.4, 0.5) is 5.69 Å². The number of carbonyl (C=O) groups is 2. The molecular weight excluding hydrogens is 268 g/mol. The van der Waals surface area contributed by atoms with E-state index >= 15 is 0 Å². The smallest absolute Gasteiger partial charge is 0.252 e. The second-order valence-electron chi connectivity index (χ2n) is 4.22. The number of rotatable bonds is 4. The van der Waals surface area contributed by atoms with Gasteiger partial charge in [-0.3, -0.25) is 14.5 Å².